The minimum Gasteiger partial charge on any atom is -0.461 e. The van der Waals surface area contributed by atoms with Gasteiger partial charge >= 0.3 is 5.97 Å². The van der Waals surface area contributed by atoms with Crippen molar-refractivity contribution in [3.05, 3.63) is 40.4 Å². The van der Waals surface area contributed by atoms with Crippen molar-refractivity contribution >= 4 is 28.1 Å². The minimum atomic E-state index is -0.356. The van der Waals surface area contributed by atoms with Crippen LogP contribution in [0.1, 0.15) is 27.9 Å². The lowest BCUT2D eigenvalue weighted by Crippen LogP contribution is -2.11. The molecule has 0 bridgehead atoms. The fourth-order valence-corrected chi connectivity index (χ4v) is 2.83. The van der Waals surface area contributed by atoms with Gasteiger partial charge in [0.05, 0.1) is 6.61 Å². The molecular formula is C15H18N2O2S. The van der Waals surface area contributed by atoms with E-state index in [2.05, 4.69) is 18.0 Å². The number of hydrogen-bond donors (Lipinski definition) is 0. The van der Waals surface area contributed by atoms with Crippen LogP contribution in [0.5, 0.6) is 0 Å². The third-order valence-corrected chi connectivity index (χ3v) is 4.07. The molecule has 0 radical (unpaired) electrons. The predicted octanol–water partition coefficient (Wildman–Crippen LogP) is 3.70. The molecule has 106 valence electrons. The number of aryl methyl sites for hydroxylation is 2. The summed E-state index contributed by atoms with van der Waals surface area (Å²) >= 11 is 1.49. The molecule has 4 nitrogen and oxygen atoms in total. The quantitative estimate of drug-likeness (QED) is 0.805. The predicted molar refractivity (Wildman–Crippen MR) is 82.0 cm³/mol. The fourth-order valence-electron chi connectivity index (χ4n) is 1.96. The molecule has 0 spiro atoms. The summed E-state index contributed by atoms with van der Waals surface area (Å²) in [4.78, 5) is 19.1. The lowest BCUT2D eigenvalue weighted by atomic mass is 10.2. The number of carbonyl (C=O) groups is 1. The second-order valence-electron chi connectivity index (χ2n) is 4.47. The van der Waals surface area contributed by atoms with Crippen molar-refractivity contribution in [1.82, 2.24) is 4.98 Å². The Labute approximate surface area is 123 Å². The van der Waals surface area contributed by atoms with Gasteiger partial charge in [-0.1, -0.05) is 18.2 Å². The van der Waals surface area contributed by atoms with Crippen molar-refractivity contribution in [2.24, 2.45) is 0 Å². The van der Waals surface area contributed by atoms with Crippen LogP contribution in [0.3, 0.4) is 0 Å². The topological polar surface area (TPSA) is 42.4 Å². The summed E-state index contributed by atoms with van der Waals surface area (Å²) in [6, 6.07) is 8.09. The van der Waals surface area contributed by atoms with E-state index in [0.717, 1.165) is 15.7 Å². The van der Waals surface area contributed by atoms with E-state index in [4.69, 9.17) is 4.74 Å². The molecule has 20 heavy (non-hydrogen) atoms. The molecule has 0 aliphatic carbocycles. The van der Waals surface area contributed by atoms with Gasteiger partial charge in [0.1, 0.15) is 0 Å². The van der Waals surface area contributed by atoms with E-state index in [9.17, 15) is 4.79 Å². The Balaban J connectivity index is 2.32. The van der Waals surface area contributed by atoms with Gasteiger partial charge in [0.25, 0.3) is 0 Å². The first kappa shape index (κ1) is 14.5. The van der Waals surface area contributed by atoms with E-state index < -0.39 is 0 Å². The van der Waals surface area contributed by atoms with Crippen LogP contribution in [-0.4, -0.2) is 24.6 Å². The number of thiazole rings is 1. The maximum absolute atomic E-state index is 11.8. The monoisotopic (exact) mass is 290 g/mol. The van der Waals surface area contributed by atoms with Crippen LogP contribution in [0.15, 0.2) is 24.3 Å². The summed E-state index contributed by atoms with van der Waals surface area (Å²) < 4.78 is 5.02. The van der Waals surface area contributed by atoms with E-state index >= 15 is 0 Å². The number of rotatable bonds is 4. The van der Waals surface area contributed by atoms with Crippen LogP contribution < -0.4 is 4.90 Å². The van der Waals surface area contributed by atoms with E-state index in [1.807, 2.05) is 37.1 Å². The van der Waals surface area contributed by atoms with E-state index in [1.54, 1.807) is 6.92 Å². The highest BCUT2D eigenvalue weighted by molar-refractivity contribution is 7.15. The fraction of sp³-hybridized carbons (Fsp3) is 0.333. The van der Waals surface area contributed by atoms with Crippen LogP contribution in [0.2, 0.25) is 0 Å². The average molecular weight is 290 g/mol. The highest BCUT2D eigenvalue weighted by Crippen LogP contribution is 2.31. The Morgan fingerprint density at radius 3 is 2.70 bits per heavy atom. The normalized spacial score (nSPS) is 10.4. The highest BCUT2D eigenvalue weighted by atomic mass is 32.1. The molecular weight excluding hydrogens is 272 g/mol. The number of aromatic nitrogens is 1. The Hall–Kier alpha value is -1.88. The number of hydrogen-bond acceptors (Lipinski definition) is 5. The molecule has 0 unspecified atom stereocenters. The van der Waals surface area contributed by atoms with Crippen LogP contribution >= 0.6 is 11.3 Å². The van der Waals surface area contributed by atoms with Crippen molar-refractivity contribution < 1.29 is 9.53 Å². The van der Waals surface area contributed by atoms with Crippen molar-refractivity contribution in [2.75, 3.05) is 18.6 Å². The molecule has 1 aromatic carbocycles. The first-order valence-electron chi connectivity index (χ1n) is 6.48. The summed E-state index contributed by atoms with van der Waals surface area (Å²) in [5.41, 5.74) is 2.66. The molecule has 0 atom stereocenters. The number of nitrogens with zero attached hydrogens (tertiary/aromatic N) is 2. The molecule has 0 amide bonds. The van der Waals surface area contributed by atoms with Gasteiger partial charge in [-0.2, -0.15) is 0 Å². The second kappa shape index (κ2) is 6.05. The molecule has 0 saturated carbocycles. The number of carbonyl (C=O) groups excluding carboxylic acids is 1. The van der Waals surface area contributed by atoms with Gasteiger partial charge in [-0.3, -0.25) is 0 Å². The number of anilines is 2. The number of ether oxygens (including phenoxy) is 1. The molecule has 1 heterocycles. The molecule has 0 fully saturated rings. The molecule has 2 rings (SSSR count). The first-order valence-corrected chi connectivity index (χ1v) is 7.30. The smallest absolute Gasteiger partial charge is 0.358 e. The lowest BCUT2D eigenvalue weighted by Gasteiger charge is -2.18. The largest absolute Gasteiger partial charge is 0.461 e. The molecule has 0 aliphatic heterocycles. The van der Waals surface area contributed by atoms with E-state index in [-0.39, 0.29) is 5.97 Å². The number of benzene rings is 1. The van der Waals surface area contributed by atoms with Crippen LogP contribution in [0.25, 0.3) is 0 Å². The SMILES string of the molecule is CCOC(=O)c1nc(N(C)c2ccccc2C)sc1C. The van der Waals surface area contributed by atoms with Gasteiger partial charge in [0, 0.05) is 17.6 Å². The maximum atomic E-state index is 11.8. The number of esters is 1. The molecule has 1 aromatic heterocycles. The Kier molecular flexibility index (Phi) is 4.39. The molecule has 0 aliphatic rings. The zero-order chi connectivity index (χ0) is 14.7. The van der Waals surface area contributed by atoms with Crippen molar-refractivity contribution in [3.63, 3.8) is 0 Å². The van der Waals surface area contributed by atoms with Crippen molar-refractivity contribution in [2.45, 2.75) is 20.8 Å². The first-order chi connectivity index (χ1) is 9.54. The highest BCUT2D eigenvalue weighted by Gasteiger charge is 2.19. The van der Waals surface area contributed by atoms with Gasteiger partial charge in [0.2, 0.25) is 0 Å². The van der Waals surface area contributed by atoms with Gasteiger partial charge in [-0.05, 0) is 32.4 Å². The average Bonchev–Trinajstić information content (AvgIpc) is 2.81. The molecule has 0 saturated heterocycles. The third-order valence-electron chi connectivity index (χ3n) is 3.02. The van der Waals surface area contributed by atoms with Crippen molar-refractivity contribution in [3.8, 4) is 0 Å². The summed E-state index contributed by atoms with van der Waals surface area (Å²) in [6.07, 6.45) is 0. The summed E-state index contributed by atoms with van der Waals surface area (Å²) in [6.45, 7) is 6.09. The zero-order valence-electron chi connectivity index (χ0n) is 12.1. The van der Waals surface area contributed by atoms with Gasteiger partial charge in [0.15, 0.2) is 10.8 Å². The molecule has 2 aromatic rings. The summed E-state index contributed by atoms with van der Waals surface area (Å²) in [5.74, 6) is -0.356. The Morgan fingerprint density at radius 2 is 2.05 bits per heavy atom. The summed E-state index contributed by atoms with van der Waals surface area (Å²) in [5, 5.41) is 0.792. The lowest BCUT2D eigenvalue weighted by molar-refractivity contribution is 0.0519. The van der Waals surface area contributed by atoms with Gasteiger partial charge in [-0.15, -0.1) is 11.3 Å². The summed E-state index contributed by atoms with van der Waals surface area (Å²) in [7, 11) is 1.95. The zero-order valence-corrected chi connectivity index (χ0v) is 13.0. The van der Waals surface area contributed by atoms with Crippen LogP contribution in [0.4, 0.5) is 10.8 Å². The van der Waals surface area contributed by atoms with Gasteiger partial charge in [-0.25, -0.2) is 9.78 Å². The minimum absolute atomic E-state index is 0.356. The Morgan fingerprint density at radius 1 is 1.35 bits per heavy atom. The van der Waals surface area contributed by atoms with Crippen LogP contribution in [0, 0.1) is 13.8 Å². The van der Waals surface area contributed by atoms with Crippen LogP contribution in [-0.2, 0) is 4.74 Å². The number of para-hydroxylation sites is 1. The standard InChI is InChI=1S/C15H18N2O2S/c1-5-19-14(18)13-11(3)20-15(16-13)17(4)12-9-7-6-8-10(12)2/h6-9H,5H2,1-4H3. The molecule has 0 N–H and O–H groups in total. The maximum Gasteiger partial charge on any atom is 0.358 e. The third kappa shape index (κ3) is 2.82. The van der Waals surface area contributed by atoms with E-state index in [0.29, 0.717) is 12.3 Å². The van der Waals surface area contributed by atoms with Gasteiger partial charge < -0.3 is 9.64 Å². The van der Waals surface area contributed by atoms with E-state index in [1.165, 1.54) is 16.9 Å². The Bertz CT molecular complexity index is 622. The van der Waals surface area contributed by atoms with Crippen molar-refractivity contribution in [1.29, 1.82) is 0 Å². The second-order valence-corrected chi connectivity index (χ2v) is 5.65. The molecule has 5 heteroatoms.